The van der Waals surface area contributed by atoms with E-state index in [1.165, 1.54) is 6.92 Å². The van der Waals surface area contributed by atoms with Gasteiger partial charge in [0.2, 0.25) is 5.91 Å². The molecule has 0 saturated carbocycles. The summed E-state index contributed by atoms with van der Waals surface area (Å²) in [7, 11) is 4.01. The summed E-state index contributed by atoms with van der Waals surface area (Å²) in [5, 5.41) is 5.81. The highest BCUT2D eigenvalue weighted by atomic mass is 35.5. The van der Waals surface area contributed by atoms with Crippen molar-refractivity contribution in [1.82, 2.24) is 4.90 Å². The summed E-state index contributed by atoms with van der Waals surface area (Å²) >= 11 is 10.5. The lowest BCUT2D eigenvalue weighted by Crippen LogP contribution is -2.26. The van der Waals surface area contributed by atoms with Crippen LogP contribution in [0.2, 0.25) is 5.02 Å². The fourth-order valence-electron chi connectivity index (χ4n) is 2.44. The van der Waals surface area contributed by atoms with Crippen LogP contribution in [0.3, 0.4) is 0 Å². The van der Waals surface area contributed by atoms with Crippen LogP contribution in [0.5, 0.6) is 5.75 Å². The Morgan fingerprint density at radius 2 is 1.72 bits per heavy atom. The van der Waals surface area contributed by atoms with Crippen LogP contribution in [0.1, 0.15) is 13.3 Å². The summed E-state index contributed by atoms with van der Waals surface area (Å²) in [6, 6.07) is 11.3. The third-order valence-corrected chi connectivity index (χ3v) is 4.52. The van der Waals surface area contributed by atoms with Gasteiger partial charge in [-0.25, -0.2) is 9.10 Å². The Morgan fingerprint density at radius 1 is 1.07 bits per heavy atom. The predicted octanol–water partition coefficient (Wildman–Crippen LogP) is 4.51. The zero-order chi connectivity index (χ0) is 21.4. The first-order valence-corrected chi connectivity index (χ1v) is 9.79. The number of hydrogen-bond acceptors (Lipinski definition) is 5. The molecular weight excluding hydrogens is 412 g/mol. The Morgan fingerprint density at radius 3 is 2.31 bits per heavy atom. The number of amides is 3. The lowest BCUT2D eigenvalue weighted by atomic mass is 10.2. The van der Waals surface area contributed by atoms with Crippen LogP contribution >= 0.6 is 24.4 Å². The molecular formula is C20H25ClN4O3S. The third kappa shape index (κ3) is 7.49. The number of nitrogens with zero attached hydrogens (tertiary/aromatic N) is 2. The van der Waals surface area contributed by atoms with E-state index in [0.717, 1.165) is 17.3 Å². The second kappa shape index (κ2) is 10.9. The van der Waals surface area contributed by atoms with Gasteiger partial charge in [0.25, 0.3) is 0 Å². The topological polar surface area (TPSA) is 73.9 Å². The number of ether oxygens (including phenoxy) is 1. The van der Waals surface area contributed by atoms with E-state index < -0.39 is 6.03 Å². The maximum atomic E-state index is 12.4. The highest BCUT2D eigenvalue weighted by Gasteiger charge is 2.13. The molecule has 3 amide bonds. The predicted molar refractivity (Wildman–Crippen MR) is 121 cm³/mol. The fraction of sp³-hybridized carbons (Fsp3) is 0.300. The monoisotopic (exact) mass is 436 g/mol. The number of carbonyl (C=O) groups is 2. The van der Waals surface area contributed by atoms with E-state index >= 15 is 0 Å². The molecule has 29 heavy (non-hydrogen) atoms. The quantitative estimate of drug-likeness (QED) is 0.420. The minimum absolute atomic E-state index is 0.166. The van der Waals surface area contributed by atoms with Crippen LogP contribution in [0.25, 0.3) is 0 Å². The minimum Gasteiger partial charge on any atom is -0.492 e. The second-order valence-electron chi connectivity index (χ2n) is 6.62. The van der Waals surface area contributed by atoms with Crippen molar-refractivity contribution >= 4 is 53.4 Å². The zero-order valence-electron chi connectivity index (χ0n) is 16.6. The first kappa shape index (κ1) is 22.9. The van der Waals surface area contributed by atoms with Crippen LogP contribution in [0.4, 0.5) is 21.9 Å². The average molecular weight is 437 g/mol. The molecule has 2 aromatic rings. The van der Waals surface area contributed by atoms with Crippen molar-refractivity contribution in [2.75, 3.05) is 42.2 Å². The first-order chi connectivity index (χ1) is 13.8. The molecule has 0 spiro atoms. The van der Waals surface area contributed by atoms with E-state index in [-0.39, 0.29) is 5.91 Å². The van der Waals surface area contributed by atoms with Crippen molar-refractivity contribution in [3.8, 4) is 5.75 Å². The first-order valence-electron chi connectivity index (χ1n) is 9.01. The Hall–Kier alpha value is -2.42. The number of halogens is 1. The molecule has 2 aromatic carbocycles. The van der Waals surface area contributed by atoms with E-state index in [2.05, 4.69) is 28.3 Å². The number of anilines is 3. The molecule has 0 heterocycles. The molecule has 7 nitrogen and oxygen atoms in total. The summed E-state index contributed by atoms with van der Waals surface area (Å²) in [4.78, 5) is 25.6. The van der Waals surface area contributed by atoms with Crippen LogP contribution in [-0.2, 0) is 4.79 Å². The number of thiol groups is 1. The molecule has 0 fully saturated rings. The van der Waals surface area contributed by atoms with Crippen molar-refractivity contribution in [2.24, 2.45) is 0 Å². The number of carbonyl (C=O) groups excluding carboxylic acids is 2. The van der Waals surface area contributed by atoms with Crippen LogP contribution in [0, 0.1) is 0 Å². The normalized spacial score (nSPS) is 10.6. The zero-order valence-corrected chi connectivity index (χ0v) is 18.3. The molecule has 0 aliphatic rings. The Labute approximate surface area is 181 Å². The van der Waals surface area contributed by atoms with Gasteiger partial charge in [0.15, 0.2) is 0 Å². The van der Waals surface area contributed by atoms with Crippen molar-refractivity contribution < 1.29 is 14.3 Å². The van der Waals surface area contributed by atoms with Crippen molar-refractivity contribution in [1.29, 1.82) is 0 Å². The minimum atomic E-state index is -0.448. The Kier molecular flexibility index (Phi) is 8.63. The second-order valence-corrected chi connectivity index (χ2v) is 7.43. The molecule has 2 rings (SSSR count). The van der Waals surface area contributed by atoms with Gasteiger partial charge in [-0.2, -0.15) is 0 Å². The van der Waals surface area contributed by atoms with Crippen molar-refractivity contribution in [3.63, 3.8) is 0 Å². The number of benzene rings is 2. The molecule has 0 atom stereocenters. The standard InChI is InChI=1S/C20H25ClN4O3S/c1-14(26)22-15-5-8-17(9-6-15)25(29)20(27)23-16-7-10-19(18(21)13-16)28-12-4-11-24(2)3/h5-10,13,29H,4,11-12H2,1-3H3,(H,22,26)(H,23,27). The summed E-state index contributed by atoms with van der Waals surface area (Å²) < 4.78 is 6.84. The maximum absolute atomic E-state index is 12.4. The van der Waals surface area contributed by atoms with Gasteiger partial charge in [0, 0.05) is 24.8 Å². The summed E-state index contributed by atoms with van der Waals surface area (Å²) in [6.07, 6.45) is 0.886. The SMILES string of the molecule is CC(=O)Nc1ccc(N(S)C(=O)Nc2ccc(OCCCN(C)C)c(Cl)c2)cc1. The van der Waals surface area contributed by atoms with E-state index in [4.69, 9.17) is 16.3 Å². The average Bonchev–Trinajstić information content (AvgIpc) is 2.66. The van der Waals surface area contributed by atoms with Crippen LogP contribution < -0.4 is 19.7 Å². The molecule has 156 valence electrons. The number of rotatable bonds is 8. The Bertz CT molecular complexity index is 846. The smallest absolute Gasteiger partial charge is 0.336 e. The van der Waals surface area contributed by atoms with E-state index in [1.807, 2.05) is 14.1 Å². The van der Waals surface area contributed by atoms with Gasteiger partial charge < -0.3 is 20.3 Å². The summed E-state index contributed by atoms with van der Waals surface area (Å²) in [5.74, 6) is 0.403. The highest BCUT2D eigenvalue weighted by molar-refractivity contribution is 7.82. The maximum Gasteiger partial charge on any atom is 0.336 e. The van der Waals surface area contributed by atoms with Gasteiger partial charge in [-0.15, -0.1) is 0 Å². The molecule has 0 radical (unpaired) electrons. The molecule has 0 unspecified atom stereocenters. The van der Waals surface area contributed by atoms with Gasteiger partial charge in [0.1, 0.15) is 5.75 Å². The number of nitrogens with one attached hydrogen (secondary N) is 2. The van der Waals surface area contributed by atoms with Gasteiger partial charge in [0.05, 0.1) is 17.3 Å². The van der Waals surface area contributed by atoms with Gasteiger partial charge in [-0.05, 0) is 63.0 Å². The van der Waals surface area contributed by atoms with E-state index in [1.54, 1.807) is 42.5 Å². The molecule has 0 bridgehead atoms. The number of hydrogen-bond donors (Lipinski definition) is 3. The van der Waals surface area contributed by atoms with E-state index in [9.17, 15) is 9.59 Å². The lowest BCUT2D eigenvalue weighted by Gasteiger charge is -2.17. The summed E-state index contributed by atoms with van der Waals surface area (Å²) in [5.41, 5.74) is 1.71. The number of urea groups is 1. The fourth-order valence-corrected chi connectivity index (χ4v) is 2.86. The molecule has 9 heteroatoms. The molecule has 2 N–H and O–H groups in total. The molecule has 0 aromatic heterocycles. The third-order valence-electron chi connectivity index (χ3n) is 3.81. The molecule has 0 aliphatic carbocycles. The van der Waals surface area contributed by atoms with Gasteiger partial charge in [-0.3, -0.25) is 4.79 Å². The summed E-state index contributed by atoms with van der Waals surface area (Å²) in [6.45, 7) is 2.91. The molecule has 0 saturated heterocycles. The van der Waals surface area contributed by atoms with Gasteiger partial charge in [-0.1, -0.05) is 24.4 Å². The van der Waals surface area contributed by atoms with Crippen molar-refractivity contribution in [2.45, 2.75) is 13.3 Å². The highest BCUT2D eigenvalue weighted by Crippen LogP contribution is 2.28. The van der Waals surface area contributed by atoms with Gasteiger partial charge >= 0.3 is 6.03 Å². The largest absolute Gasteiger partial charge is 0.492 e. The Balaban J connectivity index is 1.93. The van der Waals surface area contributed by atoms with E-state index in [0.29, 0.717) is 34.4 Å². The van der Waals surface area contributed by atoms with Crippen LogP contribution in [-0.4, -0.2) is 44.1 Å². The molecule has 0 aliphatic heterocycles. The van der Waals surface area contributed by atoms with Crippen molar-refractivity contribution in [3.05, 3.63) is 47.5 Å². The lowest BCUT2D eigenvalue weighted by molar-refractivity contribution is -0.114. The van der Waals surface area contributed by atoms with Crippen LogP contribution in [0.15, 0.2) is 42.5 Å².